The molecule has 0 unspecified atom stereocenters. The summed E-state index contributed by atoms with van der Waals surface area (Å²) >= 11 is 9.90. The van der Waals surface area contributed by atoms with Crippen LogP contribution in [0.3, 0.4) is 0 Å². The Morgan fingerprint density at radius 3 is 2.58 bits per heavy atom. The fourth-order valence-electron chi connectivity index (χ4n) is 4.31. The summed E-state index contributed by atoms with van der Waals surface area (Å²) in [6.45, 7) is 0. The Bertz CT molecular complexity index is 1320. The zero-order valence-corrected chi connectivity index (χ0v) is 18.5. The summed E-state index contributed by atoms with van der Waals surface area (Å²) in [5, 5.41) is 8.69. The van der Waals surface area contributed by atoms with E-state index in [9.17, 15) is 0 Å². The van der Waals surface area contributed by atoms with Gasteiger partial charge in [-0.3, -0.25) is 0 Å². The smallest absolute Gasteiger partial charge is 0.226 e. The lowest BCUT2D eigenvalue weighted by Gasteiger charge is -2.39. The van der Waals surface area contributed by atoms with E-state index < -0.39 is 0 Å². The minimum atomic E-state index is -0.299. The maximum Gasteiger partial charge on any atom is 0.226 e. The van der Waals surface area contributed by atoms with E-state index in [0.29, 0.717) is 11.0 Å². The zero-order chi connectivity index (χ0) is 20.9. The predicted molar refractivity (Wildman–Crippen MR) is 124 cm³/mol. The lowest BCUT2D eigenvalue weighted by Crippen LogP contribution is -2.32. The first kappa shape index (κ1) is 18.7. The molecule has 0 aliphatic carbocycles. The second kappa shape index (κ2) is 7.25. The van der Waals surface area contributed by atoms with Crippen molar-refractivity contribution in [2.24, 2.45) is 0 Å². The van der Waals surface area contributed by atoms with E-state index in [2.05, 4.69) is 55.6 Å². The molecule has 2 atom stereocenters. The molecular weight excluding hydrogens is 476 g/mol. The summed E-state index contributed by atoms with van der Waals surface area (Å²) in [6.07, 6.45) is 1.28. The molecule has 5 nitrogen and oxygen atoms in total. The standard InChI is InChI=1S/C24H16BrClN4O/c25-16-8-6-15(7-9-16)23-20-21(18-12-17(26)10-11-19(18)31-23)29-24-27-13-28-30(24)22(20)14-4-2-1-3-5-14/h1-13,22-23H,(H,27,28,29)/t22-,23-/m0/s1. The van der Waals surface area contributed by atoms with Crippen molar-refractivity contribution in [1.82, 2.24) is 14.8 Å². The van der Waals surface area contributed by atoms with Crippen LogP contribution in [0.25, 0.3) is 5.70 Å². The van der Waals surface area contributed by atoms with E-state index in [-0.39, 0.29) is 12.1 Å². The van der Waals surface area contributed by atoms with Crippen LogP contribution in [0.5, 0.6) is 5.75 Å². The van der Waals surface area contributed by atoms with Crippen LogP contribution in [-0.4, -0.2) is 14.8 Å². The molecule has 2 aliphatic heterocycles. The van der Waals surface area contributed by atoms with Gasteiger partial charge in [0, 0.05) is 20.6 Å². The summed E-state index contributed by atoms with van der Waals surface area (Å²) in [5.41, 5.74) is 5.13. The van der Waals surface area contributed by atoms with Crippen LogP contribution in [0.4, 0.5) is 5.95 Å². The number of ether oxygens (including phenoxy) is 1. The highest BCUT2D eigenvalue weighted by molar-refractivity contribution is 9.10. The van der Waals surface area contributed by atoms with Crippen LogP contribution < -0.4 is 10.1 Å². The van der Waals surface area contributed by atoms with Crippen LogP contribution in [0, 0.1) is 0 Å². The van der Waals surface area contributed by atoms with Crippen LogP contribution in [0.1, 0.15) is 28.8 Å². The Kier molecular flexibility index (Phi) is 4.37. The van der Waals surface area contributed by atoms with Gasteiger partial charge in [0.05, 0.1) is 5.70 Å². The van der Waals surface area contributed by atoms with Gasteiger partial charge in [-0.1, -0.05) is 70.0 Å². The lowest BCUT2D eigenvalue weighted by atomic mass is 9.84. The Hall–Kier alpha value is -3.09. The molecule has 0 saturated carbocycles. The summed E-state index contributed by atoms with van der Waals surface area (Å²) in [4.78, 5) is 4.45. The van der Waals surface area contributed by atoms with Gasteiger partial charge in [-0.2, -0.15) is 10.1 Å². The zero-order valence-electron chi connectivity index (χ0n) is 16.2. The SMILES string of the molecule is Clc1ccc2c(c1)C1=C([C@H](c3ccc(Br)cc3)O2)[C@H](c2ccccc2)n2ncnc2N1. The molecule has 3 aromatic carbocycles. The predicted octanol–water partition coefficient (Wildman–Crippen LogP) is 6.25. The van der Waals surface area contributed by atoms with E-state index in [1.165, 1.54) is 0 Å². The molecule has 7 heteroatoms. The first-order valence-corrected chi connectivity index (χ1v) is 11.0. The third-order valence-electron chi connectivity index (χ3n) is 5.66. The maximum absolute atomic E-state index is 6.59. The molecule has 0 fully saturated rings. The quantitative estimate of drug-likeness (QED) is 0.360. The summed E-state index contributed by atoms with van der Waals surface area (Å²) in [6, 6.07) is 24.1. The first-order valence-electron chi connectivity index (χ1n) is 9.86. The van der Waals surface area contributed by atoms with E-state index in [4.69, 9.17) is 16.3 Å². The monoisotopic (exact) mass is 490 g/mol. The van der Waals surface area contributed by atoms with Crippen molar-refractivity contribution in [2.45, 2.75) is 12.1 Å². The van der Waals surface area contributed by atoms with Crippen LogP contribution in [0.15, 0.2) is 89.2 Å². The second-order valence-electron chi connectivity index (χ2n) is 7.49. The molecule has 2 aliphatic rings. The summed E-state index contributed by atoms with van der Waals surface area (Å²) in [7, 11) is 0. The molecular formula is C24H16BrClN4O. The van der Waals surface area contributed by atoms with E-state index in [1.807, 2.05) is 53.2 Å². The minimum absolute atomic E-state index is 0.171. The van der Waals surface area contributed by atoms with Crippen LogP contribution >= 0.6 is 27.5 Å². The van der Waals surface area contributed by atoms with Gasteiger partial charge in [-0.25, -0.2) is 4.68 Å². The fourth-order valence-corrected chi connectivity index (χ4v) is 4.75. The fraction of sp³-hybridized carbons (Fsp3) is 0.0833. The van der Waals surface area contributed by atoms with Crippen molar-refractivity contribution in [1.29, 1.82) is 0 Å². The van der Waals surface area contributed by atoms with Gasteiger partial charge in [-0.15, -0.1) is 0 Å². The van der Waals surface area contributed by atoms with Gasteiger partial charge in [0.1, 0.15) is 24.2 Å². The van der Waals surface area contributed by atoms with Crippen LogP contribution in [-0.2, 0) is 0 Å². The normalized spacial score (nSPS) is 19.0. The Labute approximate surface area is 192 Å². The number of aromatic nitrogens is 3. The van der Waals surface area contributed by atoms with Gasteiger partial charge < -0.3 is 10.1 Å². The number of halogens is 2. The Morgan fingerprint density at radius 2 is 1.77 bits per heavy atom. The number of anilines is 1. The van der Waals surface area contributed by atoms with Crippen molar-refractivity contribution in [3.63, 3.8) is 0 Å². The molecule has 1 aromatic heterocycles. The van der Waals surface area contributed by atoms with Crippen molar-refractivity contribution in [2.75, 3.05) is 5.32 Å². The number of fused-ring (bicyclic) bond motifs is 3. The van der Waals surface area contributed by atoms with Crippen molar-refractivity contribution >= 4 is 39.2 Å². The number of benzene rings is 3. The molecule has 0 amide bonds. The second-order valence-corrected chi connectivity index (χ2v) is 8.84. The maximum atomic E-state index is 6.59. The number of hydrogen-bond acceptors (Lipinski definition) is 4. The average molecular weight is 492 g/mol. The van der Waals surface area contributed by atoms with Crippen molar-refractivity contribution in [3.8, 4) is 5.75 Å². The van der Waals surface area contributed by atoms with Gasteiger partial charge in [-0.05, 0) is 41.5 Å². The number of hydrogen-bond donors (Lipinski definition) is 1. The van der Waals surface area contributed by atoms with Crippen molar-refractivity contribution < 1.29 is 4.74 Å². The molecule has 4 aromatic rings. The summed E-state index contributed by atoms with van der Waals surface area (Å²) in [5.74, 6) is 1.47. The minimum Gasteiger partial charge on any atom is -0.480 e. The molecule has 6 rings (SSSR count). The summed E-state index contributed by atoms with van der Waals surface area (Å²) < 4.78 is 9.53. The van der Waals surface area contributed by atoms with Gasteiger partial charge in [0.15, 0.2) is 0 Å². The van der Waals surface area contributed by atoms with Crippen LogP contribution in [0.2, 0.25) is 5.02 Å². The highest BCUT2D eigenvalue weighted by Gasteiger charge is 2.40. The highest BCUT2D eigenvalue weighted by Crippen LogP contribution is 2.51. The third-order valence-corrected chi connectivity index (χ3v) is 6.43. The number of rotatable bonds is 2. The van der Waals surface area contributed by atoms with Gasteiger partial charge in [0.2, 0.25) is 5.95 Å². The lowest BCUT2D eigenvalue weighted by molar-refractivity contribution is 0.223. The molecule has 0 radical (unpaired) electrons. The van der Waals surface area contributed by atoms with E-state index in [1.54, 1.807) is 6.33 Å². The average Bonchev–Trinajstić information content (AvgIpc) is 3.27. The molecule has 1 N–H and O–H groups in total. The van der Waals surface area contributed by atoms with Gasteiger partial charge in [0.25, 0.3) is 0 Å². The molecule has 3 heterocycles. The van der Waals surface area contributed by atoms with Crippen molar-refractivity contribution in [3.05, 3.63) is 111 Å². The Balaban J connectivity index is 1.64. The number of nitrogens with zero attached hydrogens (tertiary/aromatic N) is 3. The van der Waals surface area contributed by atoms with E-state index >= 15 is 0 Å². The third kappa shape index (κ3) is 3.06. The largest absolute Gasteiger partial charge is 0.480 e. The molecule has 0 saturated heterocycles. The molecule has 31 heavy (non-hydrogen) atoms. The topological polar surface area (TPSA) is 52.0 Å². The van der Waals surface area contributed by atoms with E-state index in [0.717, 1.165) is 38.2 Å². The Morgan fingerprint density at radius 1 is 0.968 bits per heavy atom. The highest BCUT2D eigenvalue weighted by atomic mass is 79.9. The molecule has 0 spiro atoms. The molecule has 0 bridgehead atoms. The first-order chi connectivity index (χ1) is 15.2. The number of nitrogens with one attached hydrogen (secondary N) is 1. The molecule has 152 valence electrons. The van der Waals surface area contributed by atoms with Gasteiger partial charge >= 0.3 is 0 Å².